The summed E-state index contributed by atoms with van der Waals surface area (Å²) in [7, 11) is 1.84. The van der Waals surface area contributed by atoms with Gasteiger partial charge in [-0.05, 0) is 36.1 Å². The Hall–Kier alpha value is -2.40. The van der Waals surface area contributed by atoms with E-state index >= 15 is 0 Å². The first kappa shape index (κ1) is 16.5. The molecule has 0 unspecified atom stereocenters. The molecule has 1 amide bonds. The zero-order valence-corrected chi connectivity index (χ0v) is 14.8. The van der Waals surface area contributed by atoms with Crippen molar-refractivity contribution in [3.8, 4) is 0 Å². The molecule has 124 valence electrons. The molecule has 0 atom stereocenters. The van der Waals surface area contributed by atoms with Crippen molar-refractivity contribution in [2.75, 3.05) is 7.05 Å². The summed E-state index contributed by atoms with van der Waals surface area (Å²) in [6, 6.07) is 14.0. The van der Waals surface area contributed by atoms with Gasteiger partial charge in [0.2, 0.25) is 0 Å². The molecular weight excluding hydrogens is 318 g/mol. The Morgan fingerprint density at radius 1 is 1.21 bits per heavy atom. The summed E-state index contributed by atoms with van der Waals surface area (Å²) in [5, 5.41) is 6.33. The number of carbonyl (C=O) groups excluding carboxylic acids is 1. The Morgan fingerprint density at radius 3 is 2.79 bits per heavy atom. The van der Waals surface area contributed by atoms with E-state index in [1.807, 2.05) is 48.1 Å². The number of benzene rings is 1. The fraction of sp³-hybridized carbons (Fsp3) is 0.263. The van der Waals surface area contributed by atoms with E-state index in [-0.39, 0.29) is 5.91 Å². The van der Waals surface area contributed by atoms with Crippen molar-refractivity contribution >= 4 is 17.2 Å². The van der Waals surface area contributed by atoms with Gasteiger partial charge in [0.15, 0.2) is 0 Å². The molecule has 0 N–H and O–H groups in total. The van der Waals surface area contributed by atoms with Crippen LogP contribution < -0.4 is 0 Å². The van der Waals surface area contributed by atoms with E-state index < -0.39 is 0 Å². The average molecular weight is 339 g/mol. The third-order valence-electron chi connectivity index (χ3n) is 4.04. The van der Waals surface area contributed by atoms with Gasteiger partial charge in [0, 0.05) is 36.7 Å². The molecule has 5 heteroatoms. The molecule has 0 fully saturated rings. The monoisotopic (exact) mass is 339 g/mol. The number of hydrogen-bond donors (Lipinski definition) is 0. The maximum atomic E-state index is 12.9. The van der Waals surface area contributed by atoms with Crippen LogP contribution in [0, 0.1) is 0 Å². The summed E-state index contributed by atoms with van der Waals surface area (Å²) >= 11 is 1.72. The van der Waals surface area contributed by atoms with Crippen molar-refractivity contribution in [1.29, 1.82) is 0 Å². The molecule has 0 spiro atoms. The average Bonchev–Trinajstić information content (AvgIpc) is 3.26. The highest BCUT2D eigenvalue weighted by atomic mass is 32.1. The molecular formula is C19H21N3OS. The third-order valence-corrected chi connectivity index (χ3v) is 4.92. The molecule has 0 radical (unpaired) electrons. The zero-order valence-electron chi connectivity index (χ0n) is 14.0. The van der Waals surface area contributed by atoms with Crippen molar-refractivity contribution in [1.82, 2.24) is 14.7 Å². The molecule has 0 saturated carbocycles. The fourth-order valence-electron chi connectivity index (χ4n) is 2.78. The topological polar surface area (TPSA) is 38.1 Å². The molecule has 2 aromatic heterocycles. The van der Waals surface area contributed by atoms with Crippen molar-refractivity contribution in [3.63, 3.8) is 0 Å². The van der Waals surface area contributed by atoms with E-state index in [0.29, 0.717) is 6.54 Å². The summed E-state index contributed by atoms with van der Waals surface area (Å²) in [6.07, 6.45) is 2.57. The van der Waals surface area contributed by atoms with Crippen LogP contribution in [0.3, 0.4) is 0 Å². The summed E-state index contributed by atoms with van der Waals surface area (Å²) in [4.78, 5) is 15.9. The highest BCUT2D eigenvalue weighted by Gasteiger charge is 2.17. The molecule has 4 nitrogen and oxygen atoms in total. The standard InChI is InChI=1S/C19H21N3OS/c1-3-22-16(10-11-20-22)14-21(2)19(23)18-9-5-4-7-15(18)13-17-8-6-12-24-17/h4-12H,3,13-14H2,1-2H3. The number of rotatable bonds is 6. The van der Waals surface area contributed by atoms with Gasteiger partial charge < -0.3 is 4.90 Å². The number of aryl methyl sites for hydroxylation is 1. The first-order valence-electron chi connectivity index (χ1n) is 8.05. The van der Waals surface area contributed by atoms with E-state index in [0.717, 1.165) is 29.8 Å². The maximum Gasteiger partial charge on any atom is 0.254 e. The number of aromatic nitrogens is 2. The quantitative estimate of drug-likeness (QED) is 0.684. The maximum absolute atomic E-state index is 12.9. The fourth-order valence-corrected chi connectivity index (χ4v) is 3.51. The van der Waals surface area contributed by atoms with Crippen molar-refractivity contribution in [2.24, 2.45) is 0 Å². The number of hydrogen-bond acceptors (Lipinski definition) is 3. The second-order valence-corrected chi connectivity index (χ2v) is 6.75. The normalized spacial score (nSPS) is 10.8. The minimum atomic E-state index is 0.0472. The first-order valence-corrected chi connectivity index (χ1v) is 8.93. The molecule has 1 aromatic carbocycles. The van der Waals surface area contributed by atoms with E-state index in [9.17, 15) is 4.79 Å². The smallest absolute Gasteiger partial charge is 0.254 e. The van der Waals surface area contributed by atoms with Gasteiger partial charge in [-0.1, -0.05) is 24.3 Å². The molecule has 0 aliphatic carbocycles. The lowest BCUT2D eigenvalue weighted by molar-refractivity contribution is 0.0780. The zero-order chi connectivity index (χ0) is 16.9. The Bertz CT molecular complexity index is 808. The van der Waals surface area contributed by atoms with Gasteiger partial charge >= 0.3 is 0 Å². The van der Waals surface area contributed by atoms with Crippen LogP contribution in [0.25, 0.3) is 0 Å². The van der Waals surface area contributed by atoms with Gasteiger partial charge in [-0.2, -0.15) is 5.10 Å². The van der Waals surface area contributed by atoms with Crippen LogP contribution in [0.4, 0.5) is 0 Å². The lowest BCUT2D eigenvalue weighted by Gasteiger charge is -2.19. The molecule has 0 saturated heterocycles. The second-order valence-electron chi connectivity index (χ2n) is 5.71. The number of thiophene rings is 1. The summed E-state index contributed by atoms with van der Waals surface area (Å²) < 4.78 is 1.92. The van der Waals surface area contributed by atoms with Gasteiger partial charge in [-0.25, -0.2) is 0 Å². The lowest BCUT2D eigenvalue weighted by atomic mass is 10.0. The van der Waals surface area contributed by atoms with Crippen LogP contribution in [0.2, 0.25) is 0 Å². The Balaban J connectivity index is 1.79. The predicted octanol–water partition coefficient (Wildman–Crippen LogP) is 3.83. The predicted molar refractivity (Wildman–Crippen MR) is 97.3 cm³/mol. The van der Waals surface area contributed by atoms with Crippen molar-refractivity contribution in [3.05, 3.63) is 75.7 Å². The second kappa shape index (κ2) is 7.45. The minimum absolute atomic E-state index is 0.0472. The Morgan fingerprint density at radius 2 is 2.04 bits per heavy atom. The Labute approximate surface area is 146 Å². The van der Waals surface area contributed by atoms with E-state index in [2.05, 4.69) is 23.5 Å². The molecule has 0 aliphatic rings. The van der Waals surface area contributed by atoms with Gasteiger partial charge in [-0.15, -0.1) is 11.3 Å². The van der Waals surface area contributed by atoms with Gasteiger partial charge in [-0.3, -0.25) is 9.48 Å². The molecule has 24 heavy (non-hydrogen) atoms. The van der Waals surface area contributed by atoms with E-state index in [1.54, 1.807) is 22.4 Å². The summed E-state index contributed by atoms with van der Waals surface area (Å²) in [5.41, 5.74) is 2.89. The van der Waals surface area contributed by atoms with E-state index in [4.69, 9.17) is 0 Å². The molecule has 0 bridgehead atoms. The number of amides is 1. The molecule has 2 heterocycles. The molecule has 3 aromatic rings. The molecule has 3 rings (SSSR count). The van der Waals surface area contributed by atoms with Gasteiger partial charge in [0.1, 0.15) is 0 Å². The van der Waals surface area contributed by atoms with E-state index in [1.165, 1.54) is 4.88 Å². The van der Waals surface area contributed by atoms with Crippen LogP contribution in [0.1, 0.15) is 33.4 Å². The van der Waals surface area contributed by atoms with Gasteiger partial charge in [0.05, 0.1) is 12.2 Å². The molecule has 0 aliphatic heterocycles. The first-order chi connectivity index (χ1) is 11.7. The lowest BCUT2D eigenvalue weighted by Crippen LogP contribution is -2.28. The van der Waals surface area contributed by atoms with Crippen LogP contribution in [0.15, 0.2) is 54.0 Å². The minimum Gasteiger partial charge on any atom is -0.336 e. The van der Waals surface area contributed by atoms with Crippen molar-refractivity contribution < 1.29 is 4.79 Å². The summed E-state index contributed by atoms with van der Waals surface area (Å²) in [5.74, 6) is 0.0472. The largest absolute Gasteiger partial charge is 0.336 e. The third kappa shape index (κ3) is 3.57. The number of carbonyl (C=O) groups is 1. The highest BCUT2D eigenvalue weighted by Crippen LogP contribution is 2.19. The van der Waals surface area contributed by atoms with Crippen LogP contribution >= 0.6 is 11.3 Å². The van der Waals surface area contributed by atoms with Crippen LogP contribution in [0.5, 0.6) is 0 Å². The van der Waals surface area contributed by atoms with Crippen molar-refractivity contribution in [2.45, 2.75) is 26.4 Å². The van der Waals surface area contributed by atoms with Crippen LogP contribution in [-0.4, -0.2) is 27.6 Å². The van der Waals surface area contributed by atoms with Crippen LogP contribution in [-0.2, 0) is 19.5 Å². The summed E-state index contributed by atoms with van der Waals surface area (Å²) in [6.45, 7) is 3.41. The Kier molecular flexibility index (Phi) is 5.11. The highest BCUT2D eigenvalue weighted by molar-refractivity contribution is 7.09. The number of nitrogens with zero attached hydrogens (tertiary/aromatic N) is 3. The van der Waals surface area contributed by atoms with Gasteiger partial charge in [0.25, 0.3) is 5.91 Å². The SMILES string of the molecule is CCn1nccc1CN(C)C(=O)c1ccccc1Cc1cccs1.